The quantitative estimate of drug-likeness (QED) is 0.874. The third kappa shape index (κ3) is 3.87. The Morgan fingerprint density at radius 1 is 1.25 bits per heavy atom. The second-order valence-electron chi connectivity index (χ2n) is 5.95. The van der Waals surface area contributed by atoms with E-state index in [2.05, 4.69) is 24.1 Å². The van der Waals surface area contributed by atoms with Gasteiger partial charge in [0.25, 0.3) is 0 Å². The van der Waals surface area contributed by atoms with Crippen LogP contribution in [0.15, 0.2) is 18.2 Å². The minimum Gasteiger partial charge on any atom is -0.506 e. The van der Waals surface area contributed by atoms with Crippen LogP contribution in [-0.2, 0) is 0 Å². The third-order valence-electron chi connectivity index (χ3n) is 3.99. The topological polar surface area (TPSA) is 35.5 Å². The fourth-order valence-corrected chi connectivity index (χ4v) is 3.00. The Kier molecular flexibility index (Phi) is 5.70. The Bertz CT molecular complexity index is 430. The lowest BCUT2D eigenvalue weighted by Gasteiger charge is -2.36. The number of nitrogens with zero attached hydrogens (tertiary/aromatic N) is 1. The maximum absolute atomic E-state index is 10.3. The first-order chi connectivity index (χ1) is 9.59. The van der Waals surface area contributed by atoms with E-state index in [4.69, 9.17) is 11.6 Å². The second kappa shape index (κ2) is 7.30. The number of rotatable bonds is 5. The number of hydrogen-bond acceptors (Lipinski definition) is 3. The molecule has 1 aliphatic heterocycles. The Balaban J connectivity index is 2.22. The summed E-state index contributed by atoms with van der Waals surface area (Å²) in [4.78, 5) is 2.46. The van der Waals surface area contributed by atoms with Crippen molar-refractivity contribution < 1.29 is 5.11 Å². The minimum absolute atomic E-state index is 0.251. The lowest BCUT2D eigenvalue weighted by Crippen LogP contribution is -2.45. The molecule has 1 saturated heterocycles. The van der Waals surface area contributed by atoms with Gasteiger partial charge < -0.3 is 10.4 Å². The average molecular weight is 297 g/mol. The molecule has 0 amide bonds. The van der Waals surface area contributed by atoms with Crippen molar-refractivity contribution in [3.8, 4) is 5.75 Å². The summed E-state index contributed by atoms with van der Waals surface area (Å²) in [6.45, 7) is 8.56. The Hall–Kier alpha value is -0.770. The van der Waals surface area contributed by atoms with E-state index < -0.39 is 0 Å². The molecule has 0 unspecified atom stereocenters. The zero-order valence-corrected chi connectivity index (χ0v) is 13.2. The van der Waals surface area contributed by atoms with Crippen molar-refractivity contribution in [3.63, 3.8) is 0 Å². The number of aromatic hydroxyl groups is 1. The van der Waals surface area contributed by atoms with Crippen LogP contribution in [0.5, 0.6) is 5.75 Å². The molecule has 112 valence electrons. The van der Waals surface area contributed by atoms with Gasteiger partial charge in [0, 0.05) is 37.8 Å². The van der Waals surface area contributed by atoms with Gasteiger partial charge in [0.2, 0.25) is 0 Å². The van der Waals surface area contributed by atoms with E-state index >= 15 is 0 Å². The number of nitrogens with one attached hydrogen (secondary N) is 1. The smallest absolute Gasteiger partial charge is 0.138 e. The number of benzene rings is 1. The van der Waals surface area contributed by atoms with Gasteiger partial charge in [-0.25, -0.2) is 0 Å². The van der Waals surface area contributed by atoms with Gasteiger partial charge >= 0.3 is 0 Å². The van der Waals surface area contributed by atoms with Gasteiger partial charge in [0.05, 0.1) is 5.02 Å². The van der Waals surface area contributed by atoms with Crippen LogP contribution in [0.3, 0.4) is 0 Å². The summed E-state index contributed by atoms with van der Waals surface area (Å²) in [5.74, 6) is 0.920. The van der Waals surface area contributed by atoms with Crippen molar-refractivity contribution >= 4 is 11.6 Å². The van der Waals surface area contributed by atoms with Crippen molar-refractivity contribution in [2.45, 2.75) is 32.7 Å². The van der Waals surface area contributed by atoms with Crippen molar-refractivity contribution in [1.29, 1.82) is 0 Å². The highest BCUT2D eigenvalue weighted by Crippen LogP contribution is 2.37. The lowest BCUT2D eigenvalue weighted by atomic mass is 9.95. The highest BCUT2D eigenvalue weighted by atomic mass is 35.5. The van der Waals surface area contributed by atoms with Crippen LogP contribution in [0.1, 0.15) is 38.3 Å². The van der Waals surface area contributed by atoms with E-state index in [1.54, 1.807) is 6.07 Å². The van der Waals surface area contributed by atoms with Gasteiger partial charge in [-0.3, -0.25) is 4.90 Å². The maximum atomic E-state index is 10.3. The van der Waals surface area contributed by atoms with Crippen molar-refractivity contribution in [3.05, 3.63) is 28.8 Å². The van der Waals surface area contributed by atoms with Gasteiger partial charge in [0.1, 0.15) is 5.75 Å². The molecule has 1 aromatic carbocycles. The highest BCUT2D eigenvalue weighted by Gasteiger charge is 2.25. The van der Waals surface area contributed by atoms with Gasteiger partial charge in [-0.1, -0.05) is 37.6 Å². The molecule has 0 saturated carbocycles. The van der Waals surface area contributed by atoms with Gasteiger partial charge in [-0.15, -0.1) is 0 Å². The normalized spacial score (nSPS) is 18.4. The van der Waals surface area contributed by atoms with Crippen LogP contribution < -0.4 is 5.32 Å². The minimum atomic E-state index is 0.251. The Labute approximate surface area is 126 Å². The number of phenols is 1. The first kappa shape index (κ1) is 15.6. The Morgan fingerprint density at radius 2 is 1.95 bits per heavy atom. The molecule has 0 aromatic heterocycles. The molecule has 0 spiro atoms. The summed E-state index contributed by atoms with van der Waals surface area (Å²) in [6, 6.07) is 5.95. The summed E-state index contributed by atoms with van der Waals surface area (Å²) in [5.41, 5.74) is 0.972. The highest BCUT2D eigenvalue weighted by molar-refractivity contribution is 6.32. The van der Waals surface area contributed by atoms with Crippen LogP contribution in [0.4, 0.5) is 0 Å². The van der Waals surface area contributed by atoms with E-state index in [0.29, 0.717) is 10.9 Å². The summed E-state index contributed by atoms with van der Waals surface area (Å²) in [5, 5.41) is 14.1. The predicted octanol–water partition coefficient (Wildman–Crippen LogP) is 3.43. The van der Waals surface area contributed by atoms with Crippen LogP contribution in [0, 0.1) is 5.92 Å². The molecule has 4 heteroatoms. The molecule has 1 atom stereocenters. The number of hydrogen-bond donors (Lipinski definition) is 2. The van der Waals surface area contributed by atoms with E-state index in [-0.39, 0.29) is 11.8 Å². The lowest BCUT2D eigenvalue weighted by molar-refractivity contribution is 0.157. The standard InChI is InChI=1S/C16H25ClN2O/c1-12(2)6-7-15(19-10-8-18-9-11-19)13-4-3-5-14(17)16(13)20/h3-5,12,15,18,20H,6-11H2,1-2H3/t15-/m0/s1. The number of para-hydroxylation sites is 1. The van der Waals surface area contributed by atoms with Gasteiger partial charge in [-0.05, 0) is 24.8 Å². The van der Waals surface area contributed by atoms with Crippen molar-refractivity contribution in [2.75, 3.05) is 26.2 Å². The summed E-state index contributed by atoms with van der Waals surface area (Å²) < 4.78 is 0. The van der Waals surface area contributed by atoms with E-state index in [9.17, 15) is 5.11 Å². The largest absolute Gasteiger partial charge is 0.506 e. The van der Waals surface area contributed by atoms with Crippen LogP contribution >= 0.6 is 11.6 Å². The summed E-state index contributed by atoms with van der Waals surface area (Å²) >= 11 is 6.08. The van der Waals surface area contributed by atoms with E-state index in [1.165, 1.54) is 0 Å². The molecule has 1 aliphatic rings. The maximum Gasteiger partial charge on any atom is 0.138 e. The molecule has 3 nitrogen and oxygen atoms in total. The van der Waals surface area contributed by atoms with E-state index in [1.807, 2.05) is 12.1 Å². The SMILES string of the molecule is CC(C)CC[C@@H](c1cccc(Cl)c1O)N1CCNCC1. The van der Waals surface area contributed by atoms with Crippen LogP contribution in [0.25, 0.3) is 0 Å². The second-order valence-corrected chi connectivity index (χ2v) is 6.36. The fourth-order valence-electron chi connectivity index (χ4n) is 2.82. The number of piperazine rings is 1. The van der Waals surface area contributed by atoms with Crippen molar-refractivity contribution in [1.82, 2.24) is 10.2 Å². The molecule has 1 heterocycles. The number of halogens is 1. The zero-order valence-electron chi connectivity index (χ0n) is 12.4. The summed E-state index contributed by atoms with van der Waals surface area (Å²) in [7, 11) is 0. The fraction of sp³-hybridized carbons (Fsp3) is 0.625. The molecule has 2 rings (SSSR count). The first-order valence-corrected chi connectivity index (χ1v) is 7.89. The molecular formula is C16H25ClN2O. The van der Waals surface area contributed by atoms with Gasteiger partial charge in [0.15, 0.2) is 0 Å². The third-order valence-corrected chi connectivity index (χ3v) is 4.29. The van der Waals surface area contributed by atoms with E-state index in [0.717, 1.165) is 44.6 Å². The molecule has 0 aliphatic carbocycles. The molecule has 1 fully saturated rings. The molecular weight excluding hydrogens is 272 g/mol. The van der Waals surface area contributed by atoms with Crippen LogP contribution in [0.2, 0.25) is 5.02 Å². The Morgan fingerprint density at radius 3 is 2.60 bits per heavy atom. The predicted molar refractivity (Wildman–Crippen MR) is 84.4 cm³/mol. The molecule has 0 radical (unpaired) electrons. The molecule has 0 bridgehead atoms. The molecule has 2 N–H and O–H groups in total. The monoisotopic (exact) mass is 296 g/mol. The first-order valence-electron chi connectivity index (χ1n) is 7.51. The molecule has 1 aromatic rings. The van der Waals surface area contributed by atoms with Crippen molar-refractivity contribution in [2.24, 2.45) is 5.92 Å². The number of phenolic OH excluding ortho intramolecular Hbond substituents is 1. The summed E-state index contributed by atoms with van der Waals surface area (Å²) in [6.07, 6.45) is 2.21. The average Bonchev–Trinajstić information content (AvgIpc) is 2.44. The zero-order chi connectivity index (χ0) is 14.5. The van der Waals surface area contributed by atoms with Crippen LogP contribution in [-0.4, -0.2) is 36.2 Å². The molecule has 20 heavy (non-hydrogen) atoms. The van der Waals surface area contributed by atoms with Gasteiger partial charge in [-0.2, -0.15) is 0 Å².